The van der Waals surface area contributed by atoms with Gasteiger partial charge in [0, 0.05) is 71.5 Å². The second kappa shape index (κ2) is 9.68. The average Bonchev–Trinajstić information content (AvgIpc) is 2.52. The zero-order valence-electron chi connectivity index (χ0n) is 12.9. The Balaban J connectivity index is 1.54. The highest BCUT2D eigenvalue weighted by molar-refractivity contribution is 4.75. The molecule has 2 aliphatic heterocycles. The molecule has 2 saturated heterocycles. The fourth-order valence-corrected chi connectivity index (χ4v) is 2.98. The highest BCUT2D eigenvalue weighted by atomic mass is 15.2. The quantitative estimate of drug-likeness (QED) is 0.553. The molecular formula is C15H32N5. The maximum absolute atomic E-state index is 4.10. The van der Waals surface area contributed by atoms with Crippen LogP contribution >= 0.6 is 0 Å². The van der Waals surface area contributed by atoms with E-state index in [1.807, 2.05) is 0 Å². The van der Waals surface area contributed by atoms with Gasteiger partial charge >= 0.3 is 0 Å². The standard InChI is InChI=1S/C15H32N5/c1-2-15(3-9-19-10-4-16-5-11-19)18-8-14-20-12-6-17-7-13-20/h15-18H,1-14H2. The zero-order valence-corrected chi connectivity index (χ0v) is 12.9. The van der Waals surface area contributed by atoms with Crippen LogP contribution in [-0.4, -0.2) is 87.8 Å². The van der Waals surface area contributed by atoms with Gasteiger partial charge in [0.2, 0.25) is 0 Å². The molecule has 3 N–H and O–H groups in total. The first kappa shape index (κ1) is 16.2. The van der Waals surface area contributed by atoms with Gasteiger partial charge in [0.25, 0.3) is 0 Å². The van der Waals surface area contributed by atoms with Crippen LogP contribution < -0.4 is 16.0 Å². The van der Waals surface area contributed by atoms with Crippen molar-refractivity contribution < 1.29 is 0 Å². The second-order valence-corrected chi connectivity index (χ2v) is 5.91. The summed E-state index contributed by atoms with van der Waals surface area (Å²) in [5.74, 6) is 0. The zero-order chi connectivity index (χ0) is 14.0. The van der Waals surface area contributed by atoms with Gasteiger partial charge in [0.1, 0.15) is 0 Å². The molecule has 0 aromatic heterocycles. The van der Waals surface area contributed by atoms with E-state index >= 15 is 0 Å². The molecular weight excluding hydrogens is 250 g/mol. The molecule has 0 aromatic carbocycles. The summed E-state index contributed by atoms with van der Waals surface area (Å²) in [5, 5.41) is 10.5. The van der Waals surface area contributed by atoms with Gasteiger partial charge < -0.3 is 20.9 Å². The van der Waals surface area contributed by atoms with Crippen molar-refractivity contribution in [1.29, 1.82) is 0 Å². The summed E-state index contributed by atoms with van der Waals surface area (Å²) >= 11 is 0. The average molecular weight is 282 g/mol. The molecule has 1 atom stereocenters. The van der Waals surface area contributed by atoms with Gasteiger partial charge in [-0.2, -0.15) is 0 Å². The Bertz CT molecular complexity index is 236. The Hall–Kier alpha value is -0.200. The maximum atomic E-state index is 4.10. The van der Waals surface area contributed by atoms with E-state index in [0.717, 1.165) is 39.1 Å². The first-order valence-corrected chi connectivity index (χ1v) is 8.27. The Morgan fingerprint density at radius 3 is 2.00 bits per heavy atom. The van der Waals surface area contributed by atoms with E-state index < -0.39 is 0 Å². The largest absolute Gasteiger partial charge is 0.314 e. The van der Waals surface area contributed by atoms with Gasteiger partial charge in [-0.25, -0.2) is 0 Å². The molecule has 2 fully saturated rings. The lowest BCUT2D eigenvalue weighted by molar-refractivity contribution is 0.219. The number of hydrogen-bond acceptors (Lipinski definition) is 5. The van der Waals surface area contributed by atoms with Crippen LogP contribution in [0.3, 0.4) is 0 Å². The minimum absolute atomic E-state index is 0.577. The Labute approximate surface area is 124 Å². The van der Waals surface area contributed by atoms with Crippen LogP contribution in [0.5, 0.6) is 0 Å². The molecule has 0 bridgehead atoms. The molecule has 1 unspecified atom stereocenters. The molecule has 2 aliphatic rings. The van der Waals surface area contributed by atoms with Crippen LogP contribution in [0.15, 0.2) is 0 Å². The lowest BCUT2D eigenvalue weighted by Gasteiger charge is -2.30. The topological polar surface area (TPSA) is 42.6 Å². The first-order valence-electron chi connectivity index (χ1n) is 8.27. The SMILES string of the molecule is [CH2]CC(CCN1CCNCC1)NCCN1CCNCC1. The molecule has 117 valence electrons. The first-order chi connectivity index (χ1) is 9.88. The van der Waals surface area contributed by atoms with Crippen LogP contribution in [0.2, 0.25) is 0 Å². The predicted molar refractivity (Wildman–Crippen MR) is 85.0 cm³/mol. The summed E-state index contributed by atoms with van der Waals surface area (Å²) in [4.78, 5) is 5.11. The van der Waals surface area contributed by atoms with E-state index in [9.17, 15) is 0 Å². The Morgan fingerprint density at radius 1 is 0.900 bits per heavy atom. The van der Waals surface area contributed by atoms with Gasteiger partial charge in [-0.05, 0) is 19.4 Å². The normalized spacial score (nSPS) is 23.9. The van der Waals surface area contributed by atoms with E-state index in [1.165, 1.54) is 45.7 Å². The van der Waals surface area contributed by atoms with Crippen LogP contribution in [0.25, 0.3) is 0 Å². The molecule has 2 heterocycles. The third kappa shape index (κ3) is 6.06. The minimum atomic E-state index is 0.577. The molecule has 1 radical (unpaired) electrons. The molecule has 20 heavy (non-hydrogen) atoms. The van der Waals surface area contributed by atoms with Crippen LogP contribution in [0.4, 0.5) is 0 Å². The highest BCUT2D eigenvalue weighted by Crippen LogP contribution is 2.02. The Morgan fingerprint density at radius 2 is 1.45 bits per heavy atom. The van der Waals surface area contributed by atoms with E-state index in [4.69, 9.17) is 0 Å². The number of piperazine rings is 2. The molecule has 0 saturated carbocycles. The molecule has 0 spiro atoms. The number of hydrogen-bond donors (Lipinski definition) is 3. The summed E-state index contributed by atoms with van der Waals surface area (Å²) in [6, 6.07) is 0.577. The van der Waals surface area contributed by atoms with Crippen molar-refractivity contribution in [1.82, 2.24) is 25.8 Å². The lowest BCUT2D eigenvalue weighted by atomic mass is 10.1. The Kier molecular flexibility index (Phi) is 7.83. The molecule has 0 aliphatic carbocycles. The smallest absolute Gasteiger partial charge is 0.0108 e. The molecule has 2 rings (SSSR count). The number of nitrogens with zero attached hydrogens (tertiary/aromatic N) is 2. The van der Waals surface area contributed by atoms with Gasteiger partial charge in [0.05, 0.1) is 0 Å². The fraction of sp³-hybridized carbons (Fsp3) is 0.933. The van der Waals surface area contributed by atoms with Gasteiger partial charge in [-0.1, -0.05) is 6.92 Å². The van der Waals surface area contributed by atoms with Crippen LogP contribution in [0.1, 0.15) is 12.8 Å². The van der Waals surface area contributed by atoms with Gasteiger partial charge in [-0.3, -0.25) is 4.90 Å². The fourth-order valence-electron chi connectivity index (χ4n) is 2.98. The molecule has 0 aromatic rings. The highest BCUT2D eigenvalue weighted by Gasteiger charge is 2.13. The van der Waals surface area contributed by atoms with Gasteiger partial charge in [-0.15, -0.1) is 0 Å². The van der Waals surface area contributed by atoms with Crippen molar-refractivity contribution >= 4 is 0 Å². The van der Waals surface area contributed by atoms with E-state index in [0.29, 0.717) is 6.04 Å². The van der Waals surface area contributed by atoms with Crippen molar-refractivity contribution in [3.63, 3.8) is 0 Å². The van der Waals surface area contributed by atoms with E-state index in [2.05, 4.69) is 32.7 Å². The number of nitrogens with one attached hydrogen (secondary N) is 3. The second-order valence-electron chi connectivity index (χ2n) is 5.91. The van der Waals surface area contributed by atoms with Gasteiger partial charge in [0.15, 0.2) is 0 Å². The third-order valence-electron chi connectivity index (χ3n) is 4.42. The summed E-state index contributed by atoms with van der Waals surface area (Å²) in [5.41, 5.74) is 0. The van der Waals surface area contributed by atoms with Crippen molar-refractivity contribution in [3.8, 4) is 0 Å². The summed E-state index contributed by atoms with van der Waals surface area (Å²) in [7, 11) is 0. The molecule has 0 amide bonds. The monoisotopic (exact) mass is 282 g/mol. The maximum Gasteiger partial charge on any atom is 0.0108 e. The molecule has 5 nitrogen and oxygen atoms in total. The predicted octanol–water partition coefficient (Wildman–Crippen LogP) is -0.631. The summed E-state index contributed by atoms with van der Waals surface area (Å²) in [6.07, 6.45) is 2.22. The van der Waals surface area contributed by atoms with Crippen molar-refractivity contribution in [3.05, 3.63) is 6.92 Å². The minimum Gasteiger partial charge on any atom is -0.314 e. The van der Waals surface area contributed by atoms with Crippen LogP contribution in [-0.2, 0) is 0 Å². The summed E-state index contributed by atoms with van der Waals surface area (Å²) < 4.78 is 0. The molecule has 5 heteroatoms. The van der Waals surface area contributed by atoms with Crippen molar-refractivity contribution in [2.24, 2.45) is 0 Å². The van der Waals surface area contributed by atoms with Crippen molar-refractivity contribution in [2.45, 2.75) is 18.9 Å². The third-order valence-corrected chi connectivity index (χ3v) is 4.42. The van der Waals surface area contributed by atoms with E-state index in [-0.39, 0.29) is 0 Å². The van der Waals surface area contributed by atoms with Crippen LogP contribution in [0, 0.1) is 6.92 Å². The van der Waals surface area contributed by atoms with Crippen molar-refractivity contribution in [2.75, 3.05) is 72.0 Å². The summed E-state index contributed by atoms with van der Waals surface area (Å²) in [6.45, 7) is 16.9. The van der Waals surface area contributed by atoms with E-state index in [1.54, 1.807) is 0 Å². The number of rotatable bonds is 8. The lowest BCUT2D eigenvalue weighted by Crippen LogP contribution is -2.47.